The van der Waals surface area contributed by atoms with E-state index in [1.807, 2.05) is 54.8 Å². The lowest BCUT2D eigenvalue weighted by atomic mass is 10.0. The molecule has 0 spiro atoms. The van der Waals surface area contributed by atoms with Gasteiger partial charge in [0.2, 0.25) is 11.8 Å². The van der Waals surface area contributed by atoms with E-state index >= 15 is 0 Å². The average molecular weight is 415 g/mol. The van der Waals surface area contributed by atoms with Crippen LogP contribution in [0.15, 0.2) is 24.3 Å². The van der Waals surface area contributed by atoms with E-state index in [1.54, 1.807) is 4.90 Å². The highest BCUT2D eigenvalue weighted by atomic mass is 16.2. The summed E-state index contributed by atoms with van der Waals surface area (Å²) in [5.41, 5.74) is 2.20. The predicted molar refractivity (Wildman–Crippen MR) is 116 cm³/mol. The zero-order valence-electron chi connectivity index (χ0n) is 18.4. The number of carbonyl (C=O) groups excluding carboxylic acids is 3. The van der Waals surface area contributed by atoms with Crippen LogP contribution >= 0.6 is 0 Å². The van der Waals surface area contributed by atoms with Gasteiger partial charge in [-0.3, -0.25) is 9.59 Å². The summed E-state index contributed by atoms with van der Waals surface area (Å²) in [6.45, 7) is 9.50. The van der Waals surface area contributed by atoms with Crippen molar-refractivity contribution in [1.29, 1.82) is 0 Å². The van der Waals surface area contributed by atoms with Crippen molar-refractivity contribution in [2.24, 2.45) is 5.92 Å². The van der Waals surface area contributed by atoms with Crippen molar-refractivity contribution in [3.63, 3.8) is 0 Å². The SMILES string of the molecule is Cc1ccc(CC(=O)N2CCN(C(=O)NC3CCN(C(=O)C(C)C)CC3)CC2)cc1. The monoisotopic (exact) mass is 414 g/mol. The summed E-state index contributed by atoms with van der Waals surface area (Å²) in [4.78, 5) is 42.8. The van der Waals surface area contributed by atoms with Gasteiger partial charge in [-0.1, -0.05) is 43.7 Å². The first-order valence-electron chi connectivity index (χ1n) is 11.0. The van der Waals surface area contributed by atoms with Crippen molar-refractivity contribution < 1.29 is 14.4 Å². The summed E-state index contributed by atoms with van der Waals surface area (Å²) in [5, 5.41) is 3.11. The third-order valence-electron chi connectivity index (χ3n) is 6.02. The molecule has 0 aromatic heterocycles. The van der Waals surface area contributed by atoms with Gasteiger partial charge in [-0.2, -0.15) is 0 Å². The quantitative estimate of drug-likeness (QED) is 0.819. The maximum Gasteiger partial charge on any atom is 0.317 e. The molecule has 0 radical (unpaired) electrons. The molecule has 1 aromatic rings. The second-order valence-corrected chi connectivity index (χ2v) is 8.73. The average Bonchev–Trinajstić information content (AvgIpc) is 2.75. The van der Waals surface area contributed by atoms with Crippen molar-refractivity contribution in [3.8, 4) is 0 Å². The van der Waals surface area contributed by atoms with Gasteiger partial charge in [0, 0.05) is 51.2 Å². The molecule has 0 atom stereocenters. The minimum atomic E-state index is -0.0609. The molecule has 1 aromatic carbocycles. The molecule has 2 fully saturated rings. The van der Waals surface area contributed by atoms with Gasteiger partial charge in [-0.25, -0.2) is 4.79 Å². The molecule has 2 aliphatic heterocycles. The second kappa shape index (κ2) is 9.96. The Hall–Kier alpha value is -2.57. The number of hydrogen-bond donors (Lipinski definition) is 1. The summed E-state index contributed by atoms with van der Waals surface area (Å²) in [7, 11) is 0. The van der Waals surface area contributed by atoms with E-state index in [0.29, 0.717) is 45.7 Å². The maximum absolute atomic E-state index is 12.6. The van der Waals surface area contributed by atoms with Crippen molar-refractivity contribution >= 4 is 17.8 Å². The smallest absolute Gasteiger partial charge is 0.317 e. The lowest BCUT2D eigenvalue weighted by Gasteiger charge is -2.37. The van der Waals surface area contributed by atoms with E-state index < -0.39 is 0 Å². The normalized spacial score (nSPS) is 17.9. The van der Waals surface area contributed by atoms with Crippen molar-refractivity contribution in [2.75, 3.05) is 39.3 Å². The Labute approximate surface area is 179 Å². The zero-order chi connectivity index (χ0) is 21.7. The number of hydrogen-bond acceptors (Lipinski definition) is 3. The number of amides is 4. The number of nitrogens with one attached hydrogen (secondary N) is 1. The Morgan fingerprint density at radius 2 is 1.47 bits per heavy atom. The number of piperidine rings is 1. The van der Waals surface area contributed by atoms with Crippen LogP contribution in [0.3, 0.4) is 0 Å². The highest BCUT2D eigenvalue weighted by molar-refractivity contribution is 5.80. The van der Waals surface area contributed by atoms with Crippen LogP contribution in [0.25, 0.3) is 0 Å². The van der Waals surface area contributed by atoms with Crippen LogP contribution in [0.1, 0.15) is 37.8 Å². The Morgan fingerprint density at radius 3 is 2.03 bits per heavy atom. The van der Waals surface area contributed by atoms with E-state index in [2.05, 4.69) is 5.32 Å². The number of urea groups is 1. The fourth-order valence-corrected chi connectivity index (χ4v) is 4.03. The molecule has 7 heteroatoms. The van der Waals surface area contributed by atoms with E-state index in [4.69, 9.17) is 0 Å². The van der Waals surface area contributed by atoms with Crippen LogP contribution in [0.5, 0.6) is 0 Å². The number of likely N-dealkylation sites (tertiary alicyclic amines) is 1. The molecule has 164 valence electrons. The highest BCUT2D eigenvalue weighted by Gasteiger charge is 2.28. The summed E-state index contributed by atoms with van der Waals surface area (Å²) >= 11 is 0. The van der Waals surface area contributed by atoms with E-state index in [-0.39, 0.29) is 29.8 Å². The van der Waals surface area contributed by atoms with Gasteiger partial charge in [0.1, 0.15) is 0 Å². The van der Waals surface area contributed by atoms with Gasteiger partial charge in [-0.05, 0) is 25.3 Å². The largest absolute Gasteiger partial charge is 0.342 e. The molecule has 0 bridgehead atoms. The second-order valence-electron chi connectivity index (χ2n) is 8.73. The number of aryl methyl sites for hydroxylation is 1. The first-order chi connectivity index (χ1) is 14.3. The van der Waals surface area contributed by atoms with Gasteiger partial charge in [0.05, 0.1) is 6.42 Å². The topological polar surface area (TPSA) is 73.0 Å². The molecular weight excluding hydrogens is 380 g/mol. The van der Waals surface area contributed by atoms with Gasteiger partial charge in [-0.15, -0.1) is 0 Å². The van der Waals surface area contributed by atoms with Crippen molar-refractivity contribution in [3.05, 3.63) is 35.4 Å². The van der Waals surface area contributed by atoms with Gasteiger partial charge >= 0.3 is 6.03 Å². The van der Waals surface area contributed by atoms with E-state index in [9.17, 15) is 14.4 Å². The summed E-state index contributed by atoms with van der Waals surface area (Å²) < 4.78 is 0. The molecule has 1 N–H and O–H groups in total. The van der Waals surface area contributed by atoms with Gasteiger partial charge in [0.15, 0.2) is 0 Å². The highest BCUT2D eigenvalue weighted by Crippen LogP contribution is 2.14. The standard InChI is InChI=1S/C23H34N4O3/c1-17(2)22(29)26-10-8-20(9-11-26)24-23(30)27-14-12-25(13-15-27)21(28)16-19-6-4-18(3)5-7-19/h4-7,17,20H,8-16H2,1-3H3,(H,24,30). The Balaban J connectivity index is 1.39. The number of piperazine rings is 1. The van der Waals surface area contributed by atoms with Crippen LogP contribution in [0, 0.1) is 12.8 Å². The molecule has 2 saturated heterocycles. The molecule has 30 heavy (non-hydrogen) atoms. The van der Waals surface area contributed by atoms with Gasteiger partial charge in [0.25, 0.3) is 0 Å². The lowest BCUT2D eigenvalue weighted by Crippen LogP contribution is -2.56. The lowest BCUT2D eigenvalue weighted by molar-refractivity contribution is -0.135. The number of benzene rings is 1. The predicted octanol–water partition coefficient (Wildman–Crippen LogP) is 2.04. The fraction of sp³-hybridized carbons (Fsp3) is 0.609. The van der Waals surface area contributed by atoms with Crippen LogP contribution in [-0.2, 0) is 16.0 Å². The fourth-order valence-electron chi connectivity index (χ4n) is 4.03. The molecule has 0 aliphatic carbocycles. The molecular formula is C23H34N4O3. The van der Waals surface area contributed by atoms with Gasteiger partial charge < -0.3 is 20.0 Å². The molecule has 0 saturated carbocycles. The number of rotatable bonds is 4. The van der Waals surface area contributed by atoms with Crippen molar-refractivity contribution in [2.45, 2.75) is 46.1 Å². The third kappa shape index (κ3) is 5.74. The minimum absolute atomic E-state index is 0.0150. The summed E-state index contributed by atoms with van der Waals surface area (Å²) in [6.07, 6.45) is 1.98. The van der Waals surface area contributed by atoms with Crippen molar-refractivity contribution in [1.82, 2.24) is 20.0 Å². The first-order valence-corrected chi connectivity index (χ1v) is 11.0. The molecule has 3 rings (SSSR count). The first kappa shape index (κ1) is 22.1. The number of carbonyl (C=O) groups is 3. The third-order valence-corrected chi connectivity index (χ3v) is 6.02. The van der Waals surface area contributed by atoms with Crippen LogP contribution in [-0.4, -0.2) is 77.9 Å². The molecule has 2 heterocycles. The van der Waals surface area contributed by atoms with Crippen LogP contribution in [0.4, 0.5) is 4.79 Å². The van der Waals surface area contributed by atoms with Crippen LogP contribution < -0.4 is 5.32 Å². The van der Waals surface area contributed by atoms with E-state index in [0.717, 1.165) is 18.4 Å². The molecule has 7 nitrogen and oxygen atoms in total. The Bertz CT molecular complexity index is 746. The van der Waals surface area contributed by atoms with Crippen LogP contribution in [0.2, 0.25) is 0 Å². The minimum Gasteiger partial charge on any atom is -0.342 e. The van der Waals surface area contributed by atoms with E-state index in [1.165, 1.54) is 5.56 Å². The summed E-state index contributed by atoms with van der Waals surface area (Å²) in [6, 6.07) is 8.08. The molecule has 4 amide bonds. The Kier molecular flexibility index (Phi) is 7.34. The number of nitrogens with zero attached hydrogens (tertiary/aromatic N) is 3. The molecule has 2 aliphatic rings. The summed E-state index contributed by atoms with van der Waals surface area (Å²) in [5.74, 6) is 0.313. The zero-order valence-corrected chi connectivity index (χ0v) is 18.4. The molecule has 0 unspecified atom stereocenters. The maximum atomic E-state index is 12.6. The Morgan fingerprint density at radius 1 is 0.900 bits per heavy atom.